The Hall–Kier alpha value is -2.48. The Labute approximate surface area is 111 Å². The minimum absolute atomic E-state index is 0.313. The smallest absolute Gasteiger partial charge is 0.346 e. The predicted octanol–water partition coefficient (Wildman–Crippen LogP) is 1.22. The number of rotatable bonds is 3. The number of aromatic carboxylic acids is 1. The lowest BCUT2D eigenvalue weighted by atomic mass is 10.2. The molecule has 0 atom stereocenters. The molecule has 0 aliphatic heterocycles. The minimum Gasteiger partial charge on any atom is -0.477 e. The average molecular weight is 275 g/mol. The van der Waals surface area contributed by atoms with Crippen LogP contribution in [0.2, 0.25) is 0 Å². The molecule has 0 bridgehead atoms. The van der Waals surface area contributed by atoms with Crippen molar-refractivity contribution in [3.63, 3.8) is 0 Å². The Kier molecular flexibility index (Phi) is 2.64. The van der Waals surface area contributed by atoms with E-state index in [0.29, 0.717) is 34.0 Å². The Balaban J connectivity index is 2.04. The highest BCUT2D eigenvalue weighted by Gasteiger charge is 2.14. The van der Waals surface area contributed by atoms with E-state index in [1.54, 1.807) is 22.3 Å². The Morgan fingerprint density at radius 3 is 3.05 bits per heavy atom. The first-order chi connectivity index (χ1) is 9.16. The molecule has 0 fully saturated rings. The maximum Gasteiger partial charge on any atom is 0.346 e. The lowest BCUT2D eigenvalue weighted by Gasteiger charge is -2.03. The van der Waals surface area contributed by atoms with Gasteiger partial charge in [-0.2, -0.15) is 0 Å². The van der Waals surface area contributed by atoms with Gasteiger partial charge in [-0.1, -0.05) is 0 Å². The van der Waals surface area contributed by atoms with Gasteiger partial charge in [-0.05, 0) is 17.0 Å². The summed E-state index contributed by atoms with van der Waals surface area (Å²) in [6, 6.07) is 1.78. The molecule has 0 aliphatic carbocycles. The lowest BCUT2D eigenvalue weighted by molar-refractivity contribution is 0.0701. The molecule has 8 heteroatoms. The number of hydrogen-bond donors (Lipinski definition) is 2. The number of fused-ring (bicyclic) bond motifs is 1. The fourth-order valence-corrected chi connectivity index (χ4v) is 2.60. The Bertz CT molecular complexity index is 763. The van der Waals surface area contributed by atoms with Gasteiger partial charge in [0.05, 0.1) is 12.9 Å². The monoisotopic (exact) mass is 275 g/mol. The third-order valence-electron chi connectivity index (χ3n) is 2.71. The predicted molar refractivity (Wildman–Crippen MR) is 70.1 cm³/mol. The molecule has 0 saturated carbocycles. The summed E-state index contributed by atoms with van der Waals surface area (Å²) in [5.41, 5.74) is 7.53. The van der Waals surface area contributed by atoms with Gasteiger partial charge in [0.25, 0.3) is 0 Å². The highest BCUT2D eigenvalue weighted by Crippen LogP contribution is 2.20. The van der Waals surface area contributed by atoms with Crippen molar-refractivity contribution in [1.29, 1.82) is 0 Å². The average Bonchev–Trinajstić information content (AvgIpc) is 2.98. The van der Waals surface area contributed by atoms with E-state index >= 15 is 0 Å². The number of carboxylic acids is 1. The van der Waals surface area contributed by atoms with Crippen molar-refractivity contribution < 1.29 is 9.90 Å². The van der Waals surface area contributed by atoms with Gasteiger partial charge in [0.15, 0.2) is 11.5 Å². The van der Waals surface area contributed by atoms with Gasteiger partial charge < -0.3 is 15.4 Å². The molecule has 3 aromatic rings. The summed E-state index contributed by atoms with van der Waals surface area (Å²) in [4.78, 5) is 23.5. The van der Waals surface area contributed by atoms with Crippen LogP contribution in [-0.2, 0) is 6.54 Å². The number of carboxylic acid groups (broad SMARTS) is 1. The summed E-state index contributed by atoms with van der Waals surface area (Å²) < 4.78 is 1.75. The van der Waals surface area contributed by atoms with Gasteiger partial charge in [-0.25, -0.2) is 19.7 Å². The van der Waals surface area contributed by atoms with Crippen molar-refractivity contribution in [2.24, 2.45) is 0 Å². The van der Waals surface area contributed by atoms with E-state index in [9.17, 15) is 4.79 Å². The molecular formula is C11H9N5O2S. The van der Waals surface area contributed by atoms with Gasteiger partial charge in [0.1, 0.15) is 16.7 Å². The van der Waals surface area contributed by atoms with Crippen LogP contribution < -0.4 is 5.73 Å². The number of nitrogens with zero attached hydrogens (tertiary/aromatic N) is 4. The fourth-order valence-electron chi connectivity index (χ4n) is 1.85. The van der Waals surface area contributed by atoms with Gasteiger partial charge in [0.2, 0.25) is 0 Å². The van der Waals surface area contributed by atoms with E-state index < -0.39 is 5.97 Å². The second-order valence-electron chi connectivity index (χ2n) is 3.88. The van der Waals surface area contributed by atoms with Gasteiger partial charge in [-0.3, -0.25) is 0 Å². The third kappa shape index (κ3) is 1.91. The number of imidazole rings is 1. The first-order valence-electron chi connectivity index (χ1n) is 5.38. The SMILES string of the molecule is Nc1ncnc2c1ncn2Cc1ccsc1C(=O)O. The van der Waals surface area contributed by atoms with Crippen LogP contribution in [0.5, 0.6) is 0 Å². The van der Waals surface area contributed by atoms with E-state index in [0.717, 1.165) is 0 Å². The molecule has 0 saturated heterocycles. The van der Waals surface area contributed by atoms with Crippen LogP contribution in [0.3, 0.4) is 0 Å². The van der Waals surface area contributed by atoms with Crippen LogP contribution in [0.15, 0.2) is 24.1 Å². The van der Waals surface area contributed by atoms with Gasteiger partial charge in [-0.15, -0.1) is 11.3 Å². The second-order valence-corrected chi connectivity index (χ2v) is 4.80. The normalized spacial score (nSPS) is 10.9. The van der Waals surface area contributed by atoms with E-state index in [4.69, 9.17) is 10.8 Å². The summed E-state index contributed by atoms with van der Waals surface area (Å²) >= 11 is 1.20. The highest BCUT2D eigenvalue weighted by molar-refractivity contribution is 7.12. The molecule has 3 rings (SSSR count). The molecule has 3 N–H and O–H groups in total. The summed E-state index contributed by atoms with van der Waals surface area (Å²) in [5.74, 6) is -0.615. The second kappa shape index (κ2) is 4.32. The summed E-state index contributed by atoms with van der Waals surface area (Å²) in [6.45, 7) is 0.387. The molecule has 0 amide bonds. The number of hydrogen-bond acceptors (Lipinski definition) is 6. The topological polar surface area (TPSA) is 107 Å². The molecule has 96 valence electrons. The molecule has 19 heavy (non-hydrogen) atoms. The molecular weight excluding hydrogens is 266 g/mol. The number of nitrogen functional groups attached to an aromatic ring is 1. The molecule has 7 nitrogen and oxygen atoms in total. The van der Waals surface area contributed by atoms with E-state index in [-0.39, 0.29) is 0 Å². The van der Waals surface area contributed by atoms with Crippen molar-refractivity contribution in [2.45, 2.75) is 6.54 Å². The Morgan fingerprint density at radius 1 is 1.42 bits per heavy atom. The van der Waals surface area contributed by atoms with E-state index in [2.05, 4.69) is 15.0 Å². The van der Waals surface area contributed by atoms with Crippen LogP contribution >= 0.6 is 11.3 Å². The molecule has 0 unspecified atom stereocenters. The van der Waals surface area contributed by atoms with Crippen LogP contribution in [0, 0.1) is 0 Å². The molecule has 0 aromatic carbocycles. The standard InChI is InChI=1S/C11H9N5O2S/c12-9-7-10(14-4-13-9)16(5-15-7)3-6-1-2-19-8(6)11(17)18/h1-2,4-5H,3H2,(H,17,18)(H2,12,13,14). The number of carbonyl (C=O) groups is 1. The summed E-state index contributed by atoms with van der Waals surface area (Å²) in [5, 5.41) is 10.8. The fraction of sp³-hybridized carbons (Fsp3) is 0.0909. The molecule has 0 spiro atoms. The quantitative estimate of drug-likeness (QED) is 0.744. The number of thiophene rings is 1. The Morgan fingerprint density at radius 2 is 2.26 bits per heavy atom. The number of nitrogens with two attached hydrogens (primary N) is 1. The van der Waals surface area contributed by atoms with Crippen molar-refractivity contribution in [1.82, 2.24) is 19.5 Å². The van der Waals surface area contributed by atoms with Gasteiger partial charge in [0, 0.05) is 0 Å². The summed E-state index contributed by atoms with van der Waals surface area (Å²) in [7, 11) is 0. The van der Waals surface area contributed by atoms with E-state index in [1.165, 1.54) is 17.7 Å². The maximum absolute atomic E-state index is 11.1. The molecule has 3 aromatic heterocycles. The largest absolute Gasteiger partial charge is 0.477 e. The van der Waals surface area contributed by atoms with Crippen LogP contribution in [0.1, 0.15) is 15.2 Å². The van der Waals surface area contributed by atoms with E-state index in [1.807, 2.05) is 0 Å². The molecule has 0 radical (unpaired) electrons. The van der Waals surface area contributed by atoms with Crippen LogP contribution in [0.25, 0.3) is 11.2 Å². The summed E-state index contributed by atoms with van der Waals surface area (Å²) in [6.07, 6.45) is 2.95. The van der Waals surface area contributed by atoms with Crippen molar-refractivity contribution in [3.05, 3.63) is 34.5 Å². The molecule has 0 aliphatic rings. The maximum atomic E-state index is 11.1. The van der Waals surface area contributed by atoms with Crippen molar-refractivity contribution >= 4 is 34.3 Å². The van der Waals surface area contributed by atoms with Gasteiger partial charge >= 0.3 is 5.97 Å². The number of aromatic nitrogens is 4. The molecule has 3 heterocycles. The minimum atomic E-state index is -0.927. The zero-order valence-corrected chi connectivity index (χ0v) is 10.5. The zero-order chi connectivity index (χ0) is 13.4. The lowest BCUT2D eigenvalue weighted by Crippen LogP contribution is -2.04. The van der Waals surface area contributed by atoms with Crippen molar-refractivity contribution in [3.8, 4) is 0 Å². The van der Waals surface area contributed by atoms with Crippen LogP contribution in [-0.4, -0.2) is 30.6 Å². The van der Waals surface area contributed by atoms with Crippen LogP contribution in [0.4, 0.5) is 5.82 Å². The third-order valence-corrected chi connectivity index (χ3v) is 3.66. The first-order valence-corrected chi connectivity index (χ1v) is 6.25. The van der Waals surface area contributed by atoms with Crippen molar-refractivity contribution in [2.75, 3.05) is 5.73 Å². The highest BCUT2D eigenvalue weighted by atomic mass is 32.1. The first kappa shape index (κ1) is 11.6. The number of anilines is 1. The zero-order valence-electron chi connectivity index (χ0n) is 9.65.